The van der Waals surface area contributed by atoms with Crippen LogP contribution in [0, 0.1) is 5.92 Å². The molecule has 1 aliphatic rings. The van der Waals surface area contributed by atoms with Crippen LogP contribution in [-0.4, -0.2) is 41.2 Å². The van der Waals surface area contributed by atoms with Crippen molar-refractivity contribution in [2.75, 3.05) is 25.4 Å². The number of fused-ring (bicyclic) bond motifs is 1. The highest BCUT2D eigenvalue weighted by atomic mass is 32.2. The quantitative estimate of drug-likeness (QED) is 0.274. The van der Waals surface area contributed by atoms with Gasteiger partial charge in [-0.2, -0.15) is 11.8 Å². The molecule has 3 aromatic rings. The molecule has 0 spiro atoms. The molecule has 0 radical (unpaired) electrons. The summed E-state index contributed by atoms with van der Waals surface area (Å²) < 4.78 is 5.49. The normalized spacial score (nSPS) is 15.6. The van der Waals surface area contributed by atoms with Crippen LogP contribution in [0.2, 0.25) is 0 Å². The Morgan fingerprint density at radius 3 is 2.68 bits per heavy atom. The van der Waals surface area contributed by atoms with Crippen molar-refractivity contribution in [2.24, 2.45) is 5.92 Å². The lowest BCUT2D eigenvalue weighted by Crippen LogP contribution is -2.34. The third-order valence-corrected chi connectivity index (χ3v) is 7.08. The summed E-state index contributed by atoms with van der Waals surface area (Å²) in [6, 6.07) is 16.8. The van der Waals surface area contributed by atoms with E-state index in [4.69, 9.17) is 4.74 Å². The van der Waals surface area contributed by atoms with Gasteiger partial charge >= 0.3 is 5.97 Å². The fourth-order valence-electron chi connectivity index (χ4n) is 4.17. The first-order valence-electron chi connectivity index (χ1n) is 11.3. The minimum absolute atomic E-state index is 0.130. The Bertz CT molecular complexity index is 991. The first kappa shape index (κ1) is 22.0. The van der Waals surface area contributed by atoms with Crippen LogP contribution < -0.4 is 4.74 Å². The van der Waals surface area contributed by atoms with Crippen molar-refractivity contribution >= 4 is 28.6 Å². The van der Waals surface area contributed by atoms with Gasteiger partial charge in [-0.15, -0.1) is 0 Å². The molecule has 2 aromatic carbocycles. The highest BCUT2D eigenvalue weighted by Crippen LogP contribution is 2.29. The van der Waals surface area contributed by atoms with Crippen molar-refractivity contribution in [3.05, 3.63) is 65.9 Å². The maximum atomic E-state index is 11.9. The van der Waals surface area contributed by atoms with Crippen molar-refractivity contribution in [1.29, 1.82) is 0 Å². The van der Waals surface area contributed by atoms with E-state index in [0.29, 0.717) is 5.75 Å². The van der Waals surface area contributed by atoms with Gasteiger partial charge in [0.1, 0.15) is 5.75 Å². The van der Waals surface area contributed by atoms with Crippen molar-refractivity contribution in [3.63, 3.8) is 0 Å². The second kappa shape index (κ2) is 10.4. The zero-order chi connectivity index (χ0) is 21.6. The third kappa shape index (κ3) is 5.72. The second-order valence-corrected chi connectivity index (χ2v) is 9.78. The van der Waals surface area contributed by atoms with Crippen molar-refractivity contribution in [2.45, 2.75) is 38.4 Å². The first-order chi connectivity index (χ1) is 15.1. The Labute approximate surface area is 189 Å². The van der Waals surface area contributed by atoms with E-state index in [1.807, 2.05) is 43.8 Å². The summed E-state index contributed by atoms with van der Waals surface area (Å²) in [4.78, 5) is 17.8. The molecule has 0 saturated carbocycles. The van der Waals surface area contributed by atoms with Crippen molar-refractivity contribution in [3.8, 4) is 5.75 Å². The Morgan fingerprint density at radius 2 is 1.94 bits per heavy atom. The zero-order valence-corrected chi connectivity index (χ0v) is 19.3. The highest BCUT2D eigenvalue weighted by Gasteiger charge is 2.20. The second-order valence-electron chi connectivity index (χ2n) is 8.68. The first-order valence-corrected chi connectivity index (χ1v) is 12.4. The molecule has 0 atom stereocenters. The monoisotopic (exact) mass is 436 g/mol. The van der Waals surface area contributed by atoms with Gasteiger partial charge in [0.15, 0.2) is 0 Å². The van der Waals surface area contributed by atoms with Gasteiger partial charge < -0.3 is 14.6 Å². The number of likely N-dealkylation sites (tertiary alicyclic amines) is 1. The maximum absolute atomic E-state index is 11.9. The van der Waals surface area contributed by atoms with Gasteiger partial charge in [-0.3, -0.25) is 4.79 Å². The van der Waals surface area contributed by atoms with E-state index in [1.165, 1.54) is 37.1 Å². The Morgan fingerprint density at radius 1 is 1.16 bits per heavy atom. The van der Waals surface area contributed by atoms with E-state index in [1.54, 1.807) is 0 Å². The molecule has 5 heteroatoms. The molecule has 1 saturated heterocycles. The number of aromatic amines is 1. The number of hydrogen-bond acceptors (Lipinski definition) is 4. The van der Waals surface area contributed by atoms with E-state index >= 15 is 0 Å². The number of aromatic nitrogens is 1. The van der Waals surface area contributed by atoms with Gasteiger partial charge in [0.05, 0.1) is 5.92 Å². The molecule has 2 heterocycles. The van der Waals surface area contributed by atoms with Crippen LogP contribution in [0.4, 0.5) is 0 Å². The summed E-state index contributed by atoms with van der Waals surface area (Å²) >= 11 is 1.97. The molecule has 1 N–H and O–H groups in total. The smallest absolute Gasteiger partial charge is 0.313 e. The number of nitrogens with zero attached hydrogens (tertiary/aromatic N) is 1. The van der Waals surface area contributed by atoms with E-state index in [-0.39, 0.29) is 11.9 Å². The lowest BCUT2D eigenvalue weighted by molar-refractivity contribution is -0.137. The minimum Gasteiger partial charge on any atom is -0.426 e. The molecule has 4 nitrogen and oxygen atoms in total. The topological polar surface area (TPSA) is 45.3 Å². The minimum atomic E-state index is -0.193. The Balaban J connectivity index is 1.24. The number of thioether (sulfide) groups is 1. The fraction of sp³-hybridized carbons (Fsp3) is 0.423. The standard InChI is InChI=1S/C26H32N2O2S/c1-19(2)26(29)30-23-8-9-25-24(16-23)22(17-27-25)18-31-15-14-28-12-10-21(11-13-28)20-6-4-3-5-7-20/h3-9,16-17,19,21,27H,10-15,18H2,1-2H3. The van der Waals surface area contributed by atoms with E-state index in [2.05, 4.69) is 46.4 Å². The number of H-pyrrole nitrogens is 1. The van der Waals surface area contributed by atoms with Crippen LogP contribution in [0.15, 0.2) is 54.7 Å². The van der Waals surface area contributed by atoms with E-state index < -0.39 is 0 Å². The van der Waals surface area contributed by atoms with Gasteiger partial charge in [-0.1, -0.05) is 44.2 Å². The van der Waals surface area contributed by atoms with Gasteiger partial charge in [0.25, 0.3) is 0 Å². The zero-order valence-electron chi connectivity index (χ0n) is 18.5. The number of rotatable bonds is 8. The summed E-state index contributed by atoms with van der Waals surface area (Å²) in [6.07, 6.45) is 4.60. The number of piperidine rings is 1. The highest BCUT2D eigenvalue weighted by molar-refractivity contribution is 7.98. The summed E-state index contributed by atoms with van der Waals surface area (Å²) in [5.74, 6) is 3.11. The van der Waals surface area contributed by atoms with E-state index in [0.717, 1.165) is 34.9 Å². The third-order valence-electron chi connectivity index (χ3n) is 6.10. The molecule has 31 heavy (non-hydrogen) atoms. The van der Waals surface area contributed by atoms with Gasteiger partial charge in [-0.05, 0) is 61.2 Å². The number of esters is 1. The summed E-state index contributed by atoms with van der Waals surface area (Å²) in [5, 5.41) is 1.14. The molecule has 1 aliphatic heterocycles. The molecule has 0 amide bonds. The fourth-order valence-corrected chi connectivity index (χ4v) is 5.16. The SMILES string of the molecule is CC(C)C(=O)Oc1ccc2[nH]cc(CSCCN3CCC(c4ccccc4)CC3)c2c1. The summed E-state index contributed by atoms with van der Waals surface area (Å²) in [7, 11) is 0. The number of carbonyl (C=O) groups excluding carboxylic acids is 1. The molecular formula is C26H32N2O2S. The maximum Gasteiger partial charge on any atom is 0.313 e. The number of hydrogen-bond donors (Lipinski definition) is 1. The van der Waals surface area contributed by atoms with Crippen LogP contribution in [0.3, 0.4) is 0 Å². The molecule has 4 rings (SSSR count). The average Bonchev–Trinajstić information content (AvgIpc) is 3.20. The molecule has 0 aliphatic carbocycles. The van der Waals surface area contributed by atoms with Gasteiger partial charge in [0, 0.05) is 35.2 Å². The Hall–Kier alpha value is -2.24. The van der Waals surface area contributed by atoms with Crippen LogP contribution in [0.5, 0.6) is 5.75 Å². The van der Waals surface area contributed by atoms with Gasteiger partial charge in [-0.25, -0.2) is 0 Å². The number of benzene rings is 2. The molecule has 1 fully saturated rings. The predicted octanol–water partition coefficient (Wildman–Crippen LogP) is 5.84. The average molecular weight is 437 g/mol. The molecule has 0 unspecified atom stereocenters. The number of carbonyl (C=O) groups is 1. The van der Waals surface area contributed by atoms with Crippen LogP contribution in [0.25, 0.3) is 10.9 Å². The summed E-state index contributed by atoms with van der Waals surface area (Å²) in [6.45, 7) is 7.23. The van der Waals surface area contributed by atoms with Crippen molar-refractivity contribution in [1.82, 2.24) is 9.88 Å². The molecule has 0 bridgehead atoms. The van der Waals surface area contributed by atoms with Crippen LogP contribution in [0.1, 0.15) is 43.7 Å². The molecular weight excluding hydrogens is 404 g/mol. The Kier molecular flexibility index (Phi) is 7.36. The number of ether oxygens (including phenoxy) is 1. The largest absolute Gasteiger partial charge is 0.426 e. The lowest BCUT2D eigenvalue weighted by atomic mass is 9.89. The lowest BCUT2D eigenvalue weighted by Gasteiger charge is -2.32. The summed E-state index contributed by atoms with van der Waals surface area (Å²) in [5.41, 5.74) is 3.85. The molecule has 1 aromatic heterocycles. The number of nitrogens with one attached hydrogen (secondary N) is 1. The van der Waals surface area contributed by atoms with Gasteiger partial charge in [0.2, 0.25) is 0 Å². The molecule has 164 valence electrons. The predicted molar refractivity (Wildman–Crippen MR) is 130 cm³/mol. The van der Waals surface area contributed by atoms with E-state index in [9.17, 15) is 4.79 Å². The van der Waals surface area contributed by atoms with Crippen molar-refractivity contribution < 1.29 is 9.53 Å². The van der Waals surface area contributed by atoms with Crippen LogP contribution >= 0.6 is 11.8 Å². The van der Waals surface area contributed by atoms with Crippen LogP contribution in [-0.2, 0) is 10.5 Å².